The summed E-state index contributed by atoms with van der Waals surface area (Å²) in [5.74, 6) is 1.90. The van der Waals surface area contributed by atoms with Gasteiger partial charge in [0, 0.05) is 22.5 Å². The summed E-state index contributed by atoms with van der Waals surface area (Å²) in [7, 11) is 3.14. The lowest BCUT2D eigenvalue weighted by atomic mass is 10.2. The molecule has 2 aromatic rings. The molecule has 6 heteroatoms. The number of amides is 1. The molecule has 1 amide bonds. The maximum atomic E-state index is 12.3. The molecule has 0 aliphatic heterocycles. The van der Waals surface area contributed by atoms with Gasteiger partial charge in [-0.3, -0.25) is 4.79 Å². The third-order valence-corrected chi connectivity index (χ3v) is 4.90. The topological polar surface area (TPSA) is 47.6 Å². The van der Waals surface area contributed by atoms with Gasteiger partial charge in [-0.05, 0) is 36.8 Å². The van der Waals surface area contributed by atoms with Crippen LogP contribution in [-0.4, -0.2) is 25.4 Å². The van der Waals surface area contributed by atoms with Crippen molar-refractivity contribution in [3.63, 3.8) is 0 Å². The number of anilines is 1. The van der Waals surface area contributed by atoms with Gasteiger partial charge in [-0.25, -0.2) is 0 Å². The first-order chi connectivity index (χ1) is 11.5. The van der Waals surface area contributed by atoms with Crippen molar-refractivity contribution in [2.75, 3.05) is 19.5 Å². The molecule has 0 aromatic heterocycles. The monoisotopic (exact) mass is 365 g/mol. The van der Waals surface area contributed by atoms with Crippen LogP contribution in [0.3, 0.4) is 0 Å². The van der Waals surface area contributed by atoms with Gasteiger partial charge in [0.05, 0.1) is 19.5 Å². The van der Waals surface area contributed by atoms with E-state index in [-0.39, 0.29) is 11.2 Å². The largest absolute Gasteiger partial charge is 0.493 e. The van der Waals surface area contributed by atoms with E-state index in [0.29, 0.717) is 22.2 Å². The minimum Gasteiger partial charge on any atom is -0.493 e. The Bertz CT molecular complexity index is 691. The number of benzene rings is 2. The fourth-order valence-electron chi connectivity index (χ4n) is 2.04. The van der Waals surface area contributed by atoms with Crippen LogP contribution in [0.25, 0.3) is 0 Å². The maximum Gasteiger partial charge on any atom is 0.237 e. The Labute approximate surface area is 151 Å². The Morgan fingerprint density at radius 3 is 2.42 bits per heavy atom. The number of rotatable bonds is 7. The summed E-state index contributed by atoms with van der Waals surface area (Å²) in [6, 6.07) is 12.9. The van der Waals surface area contributed by atoms with Crippen LogP contribution in [0.5, 0.6) is 11.5 Å². The number of halogens is 1. The molecule has 128 valence electrons. The number of hydrogen-bond acceptors (Lipinski definition) is 4. The molecule has 0 heterocycles. The quantitative estimate of drug-likeness (QED) is 0.777. The number of ether oxygens (including phenoxy) is 2. The third kappa shape index (κ3) is 5.08. The van der Waals surface area contributed by atoms with Gasteiger partial charge < -0.3 is 14.8 Å². The van der Waals surface area contributed by atoms with Crippen molar-refractivity contribution in [2.24, 2.45) is 0 Å². The predicted molar refractivity (Wildman–Crippen MR) is 100 cm³/mol. The van der Waals surface area contributed by atoms with Crippen molar-refractivity contribution in [3.8, 4) is 11.5 Å². The highest BCUT2D eigenvalue weighted by Crippen LogP contribution is 2.30. The van der Waals surface area contributed by atoms with Crippen molar-refractivity contribution in [1.82, 2.24) is 0 Å². The molecule has 1 N–H and O–H groups in total. The van der Waals surface area contributed by atoms with Crippen LogP contribution in [0.15, 0.2) is 42.5 Å². The molecule has 0 saturated carbocycles. The molecule has 0 spiro atoms. The molecule has 0 fully saturated rings. The second-order valence-electron chi connectivity index (χ2n) is 5.14. The molecule has 4 nitrogen and oxygen atoms in total. The molecule has 0 saturated heterocycles. The smallest absolute Gasteiger partial charge is 0.237 e. The van der Waals surface area contributed by atoms with Crippen molar-refractivity contribution in [1.29, 1.82) is 0 Å². The Hall–Kier alpha value is -1.85. The van der Waals surface area contributed by atoms with E-state index in [1.165, 1.54) is 0 Å². The first-order valence-electron chi connectivity index (χ1n) is 7.42. The summed E-state index contributed by atoms with van der Waals surface area (Å²) in [4.78, 5) is 12.3. The van der Waals surface area contributed by atoms with Gasteiger partial charge in [0.15, 0.2) is 11.5 Å². The van der Waals surface area contributed by atoms with Crippen molar-refractivity contribution in [3.05, 3.63) is 53.1 Å². The summed E-state index contributed by atoms with van der Waals surface area (Å²) < 4.78 is 10.4. The fourth-order valence-corrected chi connectivity index (χ4v) is 3.01. The van der Waals surface area contributed by atoms with E-state index in [2.05, 4.69) is 5.32 Å². The second kappa shape index (κ2) is 8.85. The lowest BCUT2D eigenvalue weighted by Crippen LogP contribution is -2.22. The molecular formula is C18H20ClNO3S. The lowest BCUT2D eigenvalue weighted by Gasteiger charge is -2.14. The zero-order chi connectivity index (χ0) is 17.5. The molecule has 0 aliphatic rings. The summed E-state index contributed by atoms with van der Waals surface area (Å²) >= 11 is 7.44. The number of nitrogens with one attached hydrogen (secondary N) is 1. The molecule has 1 unspecified atom stereocenters. The van der Waals surface area contributed by atoms with E-state index in [9.17, 15) is 4.79 Å². The zero-order valence-electron chi connectivity index (χ0n) is 13.8. The summed E-state index contributed by atoms with van der Waals surface area (Å²) in [5, 5.41) is 3.42. The van der Waals surface area contributed by atoms with Gasteiger partial charge >= 0.3 is 0 Å². The van der Waals surface area contributed by atoms with Gasteiger partial charge in [-0.2, -0.15) is 0 Å². The number of carbonyl (C=O) groups excluding carboxylic acids is 1. The van der Waals surface area contributed by atoms with Crippen LogP contribution in [-0.2, 0) is 10.5 Å². The molecule has 2 rings (SSSR count). The highest BCUT2D eigenvalue weighted by Gasteiger charge is 2.15. The van der Waals surface area contributed by atoms with Crippen LogP contribution in [0.2, 0.25) is 5.02 Å². The van der Waals surface area contributed by atoms with Gasteiger partial charge in [-0.1, -0.05) is 23.7 Å². The minimum atomic E-state index is -0.186. The van der Waals surface area contributed by atoms with E-state index < -0.39 is 0 Å². The standard InChI is InChI=1S/C18H20ClNO3S/c1-12(24-11-13-4-6-14(19)7-5-13)18(21)20-15-8-9-16(22-2)17(10-15)23-3/h4-10,12H,11H2,1-3H3,(H,20,21). The number of hydrogen-bond donors (Lipinski definition) is 1. The molecule has 0 bridgehead atoms. The van der Waals surface area contributed by atoms with E-state index in [0.717, 1.165) is 11.3 Å². The summed E-state index contributed by atoms with van der Waals surface area (Å²) in [6.45, 7) is 1.89. The van der Waals surface area contributed by atoms with Crippen LogP contribution in [0.1, 0.15) is 12.5 Å². The van der Waals surface area contributed by atoms with Crippen LogP contribution >= 0.6 is 23.4 Å². The Kier molecular flexibility index (Phi) is 6.82. The minimum absolute atomic E-state index is 0.0545. The number of carbonyl (C=O) groups is 1. The Balaban J connectivity index is 1.92. The normalized spacial score (nSPS) is 11.7. The van der Waals surface area contributed by atoms with E-state index in [4.69, 9.17) is 21.1 Å². The SMILES string of the molecule is COc1ccc(NC(=O)C(C)SCc2ccc(Cl)cc2)cc1OC. The molecular weight excluding hydrogens is 346 g/mol. The average molecular weight is 366 g/mol. The van der Waals surface area contributed by atoms with Gasteiger partial charge in [-0.15, -0.1) is 11.8 Å². The van der Waals surface area contributed by atoms with Gasteiger partial charge in [0.2, 0.25) is 5.91 Å². The van der Waals surface area contributed by atoms with Crippen molar-refractivity contribution in [2.45, 2.75) is 17.9 Å². The van der Waals surface area contributed by atoms with E-state index in [1.807, 2.05) is 31.2 Å². The lowest BCUT2D eigenvalue weighted by molar-refractivity contribution is -0.115. The maximum absolute atomic E-state index is 12.3. The van der Waals surface area contributed by atoms with Crippen LogP contribution < -0.4 is 14.8 Å². The molecule has 2 aromatic carbocycles. The van der Waals surface area contributed by atoms with Gasteiger partial charge in [0.1, 0.15) is 0 Å². The Morgan fingerprint density at radius 2 is 1.79 bits per heavy atom. The third-order valence-electron chi connectivity index (χ3n) is 3.43. The summed E-state index contributed by atoms with van der Waals surface area (Å²) in [6.07, 6.45) is 0. The predicted octanol–water partition coefficient (Wildman–Crippen LogP) is 4.62. The first kappa shape index (κ1) is 18.5. The van der Waals surface area contributed by atoms with Crippen molar-refractivity contribution < 1.29 is 14.3 Å². The van der Waals surface area contributed by atoms with E-state index >= 15 is 0 Å². The molecule has 24 heavy (non-hydrogen) atoms. The van der Waals surface area contributed by atoms with Gasteiger partial charge in [0.25, 0.3) is 0 Å². The molecule has 0 radical (unpaired) electrons. The first-order valence-corrected chi connectivity index (χ1v) is 8.85. The zero-order valence-corrected chi connectivity index (χ0v) is 15.4. The highest BCUT2D eigenvalue weighted by atomic mass is 35.5. The number of thioether (sulfide) groups is 1. The molecule has 0 aliphatic carbocycles. The average Bonchev–Trinajstić information content (AvgIpc) is 2.60. The fraction of sp³-hybridized carbons (Fsp3) is 0.278. The number of methoxy groups -OCH3 is 2. The summed E-state index contributed by atoms with van der Waals surface area (Å²) in [5.41, 5.74) is 1.81. The van der Waals surface area contributed by atoms with Crippen LogP contribution in [0.4, 0.5) is 5.69 Å². The second-order valence-corrected chi connectivity index (χ2v) is 6.90. The van der Waals surface area contributed by atoms with E-state index in [1.54, 1.807) is 44.2 Å². The van der Waals surface area contributed by atoms with Crippen LogP contribution in [0, 0.1) is 0 Å². The van der Waals surface area contributed by atoms with Crippen molar-refractivity contribution >= 4 is 35.0 Å². The molecule has 1 atom stereocenters. The highest BCUT2D eigenvalue weighted by molar-refractivity contribution is 7.99. The Morgan fingerprint density at radius 1 is 1.12 bits per heavy atom.